The van der Waals surface area contributed by atoms with Crippen molar-refractivity contribution in [2.24, 2.45) is 0 Å². The Morgan fingerprint density at radius 3 is 2.39 bits per heavy atom. The molecule has 2 aromatic rings. The Morgan fingerprint density at radius 2 is 1.84 bits per heavy atom. The summed E-state index contributed by atoms with van der Waals surface area (Å²) in [7, 11) is -1.33. The van der Waals surface area contributed by atoms with Gasteiger partial charge in [0.1, 0.15) is 11.9 Å². The monoisotopic (exact) mass is 452 g/mol. The first-order chi connectivity index (χ1) is 14.6. The Balaban J connectivity index is 1.55. The van der Waals surface area contributed by atoms with Gasteiger partial charge in [-0.15, -0.1) is 0 Å². The van der Waals surface area contributed by atoms with Crippen molar-refractivity contribution in [3.05, 3.63) is 41.1 Å². The van der Waals surface area contributed by atoms with Gasteiger partial charge < -0.3 is 10.2 Å². The normalized spacial score (nSPS) is 27.3. The summed E-state index contributed by atoms with van der Waals surface area (Å²) in [5.41, 5.74) is 1.41. The van der Waals surface area contributed by atoms with E-state index in [1.165, 1.54) is 0 Å². The van der Waals surface area contributed by atoms with Crippen LogP contribution in [0.3, 0.4) is 0 Å². The number of rotatable bonds is 4. The molecule has 31 heavy (non-hydrogen) atoms. The van der Waals surface area contributed by atoms with Crippen molar-refractivity contribution < 1.29 is 21.6 Å². The van der Waals surface area contributed by atoms with Crippen LogP contribution >= 0.6 is 0 Å². The van der Waals surface area contributed by atoms with E-state index in [2.05, 4.69) is 15.3 Å². The summed E-state index contributed by atoms with van der Waals surface area (Å²) in [6.07, 6.45) is -1.19. The Kier molecular flexibility index (Phi) is 4.44. The number of hydrogen-bond donors (Lipinski definition) is 1. The Labute approximate surface area is 178 Å². The van der Waals surface area contributed by atoms with Crippen molar-refractivity contribution >= 4 is 15.8 Å². The van der Waals surface area contributed by atoms with Gasteiger partial charge in [0, 0.05) is 17.5 Å². The minimum Gasteiger partial charge on any atom is -0.332 e. The van der Waals surface area contributed by atoms with Crippen LogP contribution in [0.1, 0.15) is 30.2 Å². The van der Waals surface area contributed by atoms with Gasteiger partial charge in [-0.1, -0.05) is 24.3 Å². The van der Waals surface area contributed by atoms with Crippen LogP contribution in [0, 0.1) is 0 Å². The SMILES string of the molecule is CNC1(c2ccc(-c3nc(N4C[C@@H](F)[C@@H]4C)nc4c3CCC4(F)F)cc2)CS(=O)(=O)C1. The molecule has 0 amide bonds. The lowest BCUT2D eigenvalue weighted by molar-refractivity contribution is -0.00598. The molecule has 0 unspecified atom stereocenters. The van der Waals surface area contributed by atoms with Crippen molar-refractivity contribution in [2.75, 3.05) is 30.0 Å². The number of halogens is 3. The van der Waals surface area contributed by atoms with E-state index >= 15 is 0 Å². The molecule has 0 spiro atoms. The minimum absolute atomic E-state index is 0.0202. The number of nitrogens with one attached hydrogen (secondary N) is 1. The fourth-order valence-corrected chi connectivity index (χ4v) is 6.76. The molecule has 0 bridgehead atoms. The maximum Gasteiger partial charge on any atom is 0.290 e. The molecule has 166 valence electrons. The van der Waals surface area contributed by atoms with Gasteiger partial charge in [0.2, 0.25) is 5.95 Å². The highest BCUT2D eigenvalue weighted by Gasteiger charge is 2.49. The Morgan fingerprint density at radius 1 is 1.16 bits per heavy atom. The zero-order valence-corrected chi connectivity index (χ0v) is 18.0. The maximum atomic E-state index is 14.5. The van der Waals surface area contributed by atoms with E-state index in [9.17, 15) is 21.6 Å². The van der Waals surface area contributed by atoms with E-state index < -0.39 is 33.5 Å². The number of alkyl halides is 3. The summed E-state index contributed by atoms with van der Waals surface area (Å²) in [6, 6.07) is 6.72. The van der Waals surface area contributed by atoms with Crippen molar-refractivity contribution in [1.29, 1.82) is 0 Å². The van der Waals surface area contributed by atoms with E-state index in [1.54, 1.807) is 31.0 Å². The number of aromatic nitrogens is 2. The molecule has 1 aromatic heterocycles. The van der Waals surface area contributed by atoms with Crippen LogP contribution in [0.25, 0.3) is 11.3 Å². The third kappa shape index (κ3) is 3.14. The van der Waals surface area contributed by atoms with Crippen LogP contribution in [0.4, 0.5) is 19.1 Å². The fourth-order valence-electron chi connectivity index (χ4n) is 4.72. The second-order valence-corrected chi connectivity index (χ2v) is 10.8. The molecule has 3 heterocycles. The Bertz CT molecular complexity index is 1140. The van der Waals surface area contributed by atoms with Crippen LogP contribution in [0.2, 0.25) is 0 Å². The zero-order valence-electron chi connectivity index (χ0n) is 17.2. The molecule has 2 saturated heterocycles. The summed E-state index contributed by atoms with van der Waals surface area (Å²) >= 11 is 0. The standard InChI is InChI=1S/C21H23F3N4O2S/c1-12-16(22)9-28(12)19-26-17(15-7-8-21(23,24)18(15)27-19)13-3-5-14(6-4-13)20(25-2)10-31(29,30)11-20/h3-6,12,16,25H,7-11H2,1-2H3/t12-,16+/m0/s1. The molecule has 5 rings (SSSR count). The van der Waals surface area contributed by atoms with Crippen LogP contribution in [-0.2, 0) is 27.7 Å². The lowest BCUT2D eigenvalue weighted by atomic mass is 9.91. The van der Waals surface area contributed by atoms with Crippen molar-refractivity contribution in [2.45, 2.75) is 43.4 Å². The van der Waals surface area contributed by atoms with Gasteiger partial charge in [-0.3, -0.25) is 0 Å². The summed E-state index contributed by atoms with van der Waals surface area (Å²) in [5.74, 6) is -2.88. The number of sulfone groups is 1. The quantitative estimate of drug-likeness (QED) is 0.769. The van der Waals surface area contributed by atoms with Gasteiger partial charge in [-0.05, 0) is 26.0 Å². The minimum atomic E-state index is -3.06. The fraction of sp³-hybridized carbons (Fsp3) is 0.524. The van der Waals surface area contributed by atoms with E-state index in [4.69, 9.17) is 0 Å². The van der Waals surface area contributed by atoms with E-state index in [0.717, 1.165) is 5.56 Å². The van der Waals surface area contributed by atoms with E-state index in [-0.39, 0.29) is 42.5 Å². The molecule has 2 fully saturated rings. The molecule has 0 saturated carbocycles. The summed E-state index contributed by atoms with van der Waals surface area (Å²) in [4.78, 5) is 10.3. The largest absolute Gasteiger partial charge is 0.332 e. The molecule has 1 aromatic carbocycles. The first kappa shape index (κ1) is 20.7. The average Bonchev–Trinajstić information content (AvgIpc) is 3.03. The van der Waals surface area contributed by atoms with Crippen molar-refractivity contribution in [3.8, 4) is 11.3 Å². The highest BCUT2D eigenvalue weighted by atomic mass is 32.2. The molecule has 6 nitrogen and oxygen atoms in total. The average molecular weight is 453 g/mol. The number of anilines is 1. The second kappa shape index (κ2) is 6.65. The molecule has 1 aliphatic carbocycles. The van der Waals surface area contributed by atoms with Gasteiger partial charge in [0.15, 0.2) is 9.84 Å². The summed E-state index contributed by atoms with van der Waals surface area (Å²) < 4.78 is 66.2. The highest BCUT2D eigenvalue weighted by Crippen LogP contribution is 2.45. The van der Waals surface area contributed by atoms with Crippen LogP contribution < -0.4 is 10.2 Å². The maximum absolute atomic E-state index is 14.5. The lowest BCUT2D eigenvalue weighted by Crippen LogP contribution is -2.60. The smallest absolute Gasteiger partial charge is 0.290 e. The molecule has 10 heteroatoms. The van der Waals surface area contributed by atoms with E-state index in [1.807, 2.05) is 12.1 Å². The zero-order chi connectivity index (χ0) is 22.2. The van der Waals surface area contributed by atoms with Gasteiger partial charge in [-0.25, -0.2) is 22.8 Å². The first-order valence-corrected chi connectivity index (χ1v) is 12.1. The molecular formula is C21H23F3N4O2S. The van der Waals surface area contributed by atoms with Gasteiger partial charge in [0.05, 0.1) is 35.3 Å². The van der Waals surface area contributed by atoms with Gasteiger partial charge >= 0.3 is 0 Å². The van der Waals surface area contributed by atoms with Crippen LogP contribution in [-0.4, -0.2) is 55.7 Å². The molecular weight excluding hydrogens is 429 g/mol. The molecule has 2 atom stereocenters. The number of hydrogen-bond acceptors (Lipinski definition) is 6. The van der Waals surface area contributed by atoms with Crippen molar-refractivity contribution in [1.82, 2.24) is 15.3 Å². The van der Waals surface area contributed by atoms with E-state index in [0.29, 0.717) is 16.8 Å². The summed E-state index contributed by atoms with van der Waals surface area (Å²) in [5, 5.41) is 3.10. The first-order valence-electron chi connectivity index (χ1n) is 10.3. The topological polar surface area (TPSA) is 75.2 Å². The molecule has 0 radical (unpaired) electrons. The van der Waals surface area contributed by atoms with Gasteiger partial charge in [-0.2, -0.15) is 8.78 Å². The molecule has 3 aliphatic rings. The summed E-state index contributed by atoms with van der Waals surface area (Å²) in [6.45, 7) is 1.77. The number of fused-ring (bicyclic) bond motifs is 1. The van der Waals surface area contributed by atoms with Crippen molar-refractivity contribution in [3.63, 3.8) is 0 Å². The predicted molar refractivity (Wildman–Crippen MR) is 111 cm³/mol. The highest BCUT2D eigenvalue weighted by molar-refractivity contribution is 7.93. The third-order valence-electron chi connectivity index (χ3n) is 6.80. The van der Waals surface area contributed by atoms with Crippen LogP contribution in [0.5, 0.6) is 0 Å². The molecule has 1 N–H and O–H groups in total. The van der Waals surface area contributed by atoms with Gasteiger partial charge in [0.25, 0.3) is 5.92 Å². The molecule has 2 aliphatic heterocycles. The lowest BCUT2D eigenvalue weighted by Gasteiger charge is -2.42. The number of nitrogens with zero attached hydrogens (tertiary/aromatic N) is 3. The van der Waals surface area contributed by atoms with Crippen LogP contribution in [0.15, 0.2) is 24.3 Å². The third-order valence-corrected chi connectivity index (χ3v) is 8.66. The Hall–Kier alpha value is -2.20. The predicted octanol–water partition coefficient (Wildman–Crippen LogP) is 2.57. The number of benzene rings is 1. The second-order valence-electron chi connectivity index (χ2n) is 8.75.